The van der Waals surface area contributed by atoms with E-state index in [-0.39, 0.29) is 12.2 Å². The van der Waals surface area contributed by atoms with Crippen LogP contribution in [0.3, 0.4) is 0 Å². The van der Waals surface area contributed by atoms with Crippen molar-refractivity contribution in [1.82, 2.24) is 0 Å². The summed E-state index contributed by atoms with van der Waals surface area (Å²) >= 11 is 0. The zero-order valence-corrected chi connectivity index (χ0v) is 6.61. The normalized spacial score (nSPS) is 47.7. The minimum atomic E-state index is -0.818. The molecule has 2 saturated heterocycles. The monoisotopic (exact) mass is 160 g/mol. The van der Waals surface area contributed by atoms with Crippen molar-refractivity contribution in [1.29, 1.82) is 0 Å². The van der Waals surface area contributed by atoms with Crippen molar-refractivity contribution < 1.29 is 19.3 Å². The fourth-order valence-electron chi connectivity index (χ4n) is 1.52. The lowest BCUT2D eigenvalue weighted by molar-refractivity contribution is -0.205. The molecule has 2 rings (SSSR count). The fraction of sp³-hybridized carbons (Fsp3) is 1.00. The quantitative estimate of drug-likeness (QED) is 0.535. The Morgan fingerprint density at radius 3 is 2.73 bits per heavy atom. The number of hydrogen-bond acceptors (Lipinski definition) is 4. The van der Waals surface area contributed by atoms with E-state index in [0.717, 1.165) is 0 Å². The van der Waals surface area contributed by atoms with Gasteiger partial charge in [0.1, 0.15) is 12.2 Å². The van der Waals surface area contributed by atoms with Crippen LogP contribution in [0.25, 0.3) is 0 Å². The Labute approximate surface area is 65.1 Å². The Morgan fingerprint density at radius 2 is 2.09 bits per heavy atom. The van der Waals surface area contributed by atoms with Crippen LogP contribution in [0.4, 0.5) is 0 Å². The summed E-state index contributed by atoms with van der Waals surface area (Å²) in [6.45, 7) is 4.09. The number of aliphatic hydroxyl groups excluding tert-OH is 1. The molecule has 0 bridgehead atoms. The lowest BCUT2D eigenvalue weighted by Crippen LogP contribution is -2.29. The third-order valence-corrected chi connectivity index (χ3v) is 1.93. The molecular formula is C7H12O4. The van der Waals surface area contributed by atoms with E-state index in [1.165, 1.54) is 0 Å². The van der Waals surface area contributed by atoms with Crippen molar-refractivity contribution in [3.8, 4) is 0 Å². The molecule has 64 valence electrons. The molecule has 0 aromatic heterocycles. The smallest absolute Gasteiger partial charge is 0.184 e. The van der Waals surface area contributed by atoms with Crippen molar-refractivity contribution in [2.24, 2.45) is 0 Å². The number of rotatable bonds is 0. The minimum Gasteiger partial charge on any atom is -0.366 e. The van der Waals surface area contributed by atoms with Gasteiger partial charge in [0.05, 0.1) is 6.61 Å². The third-order valence-electron chi connectivity index (χ3n) is 1.93. The SMILES string of the molecule is CC1(C)OC2C(O)OC[C@@H]2O1. The van der Waals surface area contributed by atoms with Crippen LogP contribution in [0.1, 0.15) is 13.8 Å². The Hall–Kier alpha value is -0.160. The molecule has 2 unspecified atom stereocenters. The molecular weight excluding hydrogens is 148 g/mol. The second kappa shape index (κ2) is 2.17. The minimum absolute atomic E-state index is 0.0972. The topological polar surface area (TPSA) is 47.9 Å². The molecule has 2 aliphatic rings. The van der Waals surface area contributed by atoms with E-state index in [1.54, 1.807) is 0 Å². The van der Waals surface area contributed by atoms with Gasteiger partial charge in [0.15, 0.2) is 12.1 Å². The maximum Gasteiger partial charge on any atom is 0.184 e. The largest absolute Gasteiger partial charge is 0.366 e. The molecule has 2 heterocycles. The first kappa shape index (κ1) is 7.49. The predicted molar refractivity (Wildman–Crippen MR) is 35.8 cm³/mol. The fourth-order valence-corrected chi connectivity index (χ4v) is 1.52. The summed E-state index contributed by atoms with van der Waals surface area (Å²) in [6.07, 6.45) is -1.22. The van der Waals surface area contributed by atoms with Crippen molar-refractivity contribution in [3.05, 3.63) is 0 Å². The van der Waals surface area contributed by atoms with Gasteiger partial charge in [-0.1, -0.05) is 0 Å². The van der Waals surface area contributed by atoms with Gasteiger partial charge in [-0.25, -0.2) is 0 Å². The van der Waals surface area contributed by atoms with Gasteiger partial charge in [-0.15, -0.1) is 0 Å². The van der Waals surface area contributed by atoms with Crippen LogP contribution in [0.2, 0.25) is 0 Å². The van der Waals surface area contributed by atoms with Crippen molar-refractivity contribution >= 4 is 0 Å². The van der Waals surface area contributed by atoms with Crippen LogP contribution in [0.15, 0.2) is 0 Å². The lowest BCUT2D eigenvalue weighted by atomic mass is 10.2. The van der Waals surface area contributed by atoms with Crippen LogP contribution >= 0.6 is 0 Å². The maximum absolute atomic E-state index is 9.20. The van der Waals surface area contributed by atoms with Crippen molar-refractivity contribution in [3.63, 3.8) is 0 Å². The highest BCUT2D eigenvalue weighted by molar-refractivity contribution is 4.87. The average Bonchev–Trinajstić information content (AvgIpc) is 2.31. The molecule has 4 nitrogen and oxygen atoms in total. The zero-order valence-electron chi connectivity index (χ0n) is 6.61. The molecule has 11 heavy (non-hydrogen) atoms. The second-order valence-corrected chi connectivity index (χ2v) is 3.36. The second-order valence-electron chi connectivity index (χ2n) is 3.36. The van der Waals surface area contributed by atoms with E-state index in [0.29, 0.717) is 6.61 Å². The van der Waals surface area contributed by atoms with Gasteiger partial charge in [-0.3, -0.25) is 0 Å². The van der Waals surface area contributed by atoms with E-state index in [1.807, 2.05) is 13.8 Å². The molecule has 0 aromatic carbocycles. The van der Waals surface area contributed by atoms with Crippen LogP contribution < -0.4 is 0 Å². The first-order chi connectivity index (χ1) is 5.08. The summed E-state index contributed by atoms with van der Waals surface area (Å²) < 4.78 is 15.7. The van der Waals surface area contributed by atoms with Crippen molar-refractivity contribution in [2.75, 3.05) is 6.61 Å². The number of hydrogen-bond donors (Lipinski definition) is 1. The highest BCUT2D eigenvalue weighted by atomic mass is 16.8. The van der Waals surface area contributed by atoms with Gasteiger partial charge in [0.25, 0.3) is 0 Å². The standard InChI is InChI=1S/C7H12O4/c1-7(2)10-4-3-9-6(8)5(4)11-7/h4-6,8H,3H2,1-2H3/t4-,5?,6?/m0/s1. The van der Waals surface area contributed by atoms with Crippen LogP contribution in [0.5, 0.6) is 0 Å². The summed E-state index contributed by atoms with van der Waals surface area (Å²) in [7, 11) is 0. The van der Waals surface area contributed by atoms with E-state index < -0.39 is 12.1 Å². The summed E-state index contributed by atoms with van der Waals surface area (Å²) in [6, 6.07) is 0. The van der Waals surface area contributed by atoms with Crippen molar-refractivity contribution in [2.45, 2.75) is 38.1 Å². The van der Waals surface area contributed by atoms with E-state index in [9.17, 15) is 5.11 Å². The molecule has 2 aliphatic heterocycles. The van der Waals surface area contributed by atoms with Gasteiger partial charge in [0.2, 0.25) is 0 Å². The average molecular weight is 160 g/mol. The Morgan fingerprint density at radius 1 is 1.36 bits per heavy atom. The Kier molecular flexibility index (Phi) is 1.47. The van der Waals surface area contributed by atoms with Crippen LogP contribution in [-0.4, -0.2) is 36.0 Å². The summed E-state index contributed by atoms with van der Waals surface area (Å²) in [5.41, 5.74) is 0. The molecule has 0 spiro atoms. The summed E-state index contributed by atoms with van der Waals surface area (Å²) in [5.74, 6) is -0.569. The number of ether oxygens (including phenoxy) is 3. The molecule has 2 fully saturated rings. The molecule has 4 heteroatoms. The van der Waals surface area contributed by atoms with Crippen LogP contribution in [0, 0.1) is 0 Å². The van der Waals surface area contributed by atoms with E-state index in [2.05, 4.69) is 0 Å². The number of aliphatic hydroxyl groups is 1. The summed E-state index contributed by atoms with van der Waals surface area (Å²) in [4.78, 5) is 0. The molecule has 0 amide bonds. The molecule has 3 atom stereocenters. The Bertz CT molecular complexity index is 168. The van der Waals surface area contributed by atoms with Gasteiger partial charge in [0, 0.05) is 0 Å². The maximum atomic E-state index is 9.20. The lowest BCUT2D eigenvalue weighted by Gasteiger charge is -2.19. The highest BCUT2D eigenvalue weighted by Gasteiger charge is 2.49. The van der Waals surface area contributed by atoms with Gasteiger partial charge in [-0.2, -0.15) is 0 Å². The molecule has 1 N–H and O–H groups in total. The van der Waals surface area contributed by atoms with Crippen LogP contribution in [-0.2, 0) is 14.2 Å². The van der Waals surface area contributed by atoms with Gasteiger partial charge >= 0.3 is 0 Å². The van der Waals surface area contributed by atoms with Gasteiger partial charge < -0.3 is 19.3 Å². The molecule has 0 aliphatic carbocycles. The Balaban J connectivity index is 2.10. The first-order valence-electron chi connectivity index (χ1n) is 3.74. The summed E-state index contributed by atoms with van der Waals surface area (Å²) in [5, 5.41) is 9.20. The van der Waals surface area contributed by atoms with E-state index >= 15 is 0 Å². The first-order valence-corrected chi connectivity index (χ1v) is 3.74. The molecule has 0 radical (unpaired) electrons. The molecule has 0 aromatic rings. The molecule has 0 saturated carbocycles. The highest BCUT2D eigenvalue weighted by Crippen LogP contribution is 2.33. The third kappa shape index (κ3) is 1.16. The predicted octanol–water partition coefficient (Wildman–Crippen LogP) is -0.145. The van der Waals surface area contributed by atoms with E-state index in [4.69, 9.17) is 14.2 Å². The zero-order chi connectivity index (χ0) is 8.06. The van der Waals surface area contributed by atoms with Gasteiger partial charge in [-0.05, 0) is 13.8 Å². The number of fused-ring (bicyclic) bond motifs is 1.